The Morgan fingerprint density at radius 1 is 1.12 bits per heavy atom. The summed E-state index contributed by atoms with van der Waals surface area (Å²) in [5, 5.41) is 15.0. The fraction of sp³-hybridized carbons (Fsp3) is 0.235. The predicted octanol–water partition coefficient (Wildman–Crippen LogP) is 3.57. The first kappa shape index (κ1) is 18.6. The van der Waals surface area contributed by atoms with Gasteiger partial charge in [-0.3, -0.25) is 0 Å². The highest BCUT2D eigenvalue weighted by Crippen LogP contribution is 2.29. The van der Waals surface area contributed by atoms with Crippen LogP contribution < -0.4 is 15.4 Å². The minimum Gasteiger partial charge on any atom is -0.497 e. The second kappa shape index (κ2) is 7.89. The molecule has 0 bridgehead atoms. The molecule has 2 amide bonds. The van der Waals surface area contributed by atoms with Crippen LogP contribution in [0.25, 0.3) is 0 Å². The number of anilines is 1. The number of benzene rings is 2. The van der Waals surface area contributed by atoms with Crippen molar-refractivity contribution in [2.75, 3.05) is 19.0 Å². The second-order valence-corrected chi connectivity index (χ2v) is 5.20. The van der Waals surface area contributed by atoms with E-state index in [0.29, 0.717) is 11.4 Å². The van der Waals surface area contributed by atoms with Crippen LogP contribution in [0.4, 0.5) is 23.7 Å². The molecule has 0 aliphatic carbocycles. The number of nitrogens with one attached hydrogen (secondary N) is 2. The van der Waals surface area contributed by atoms with Crippen LogP contribution in [0, 0.1) is 0 Å². The number of hydrogen-bond donors (Lipinski definition) is 3. The topological polar surface area (TPSA) is 70.6 Å². The normalized spacial score (nSPS) is 12.4. The third-order valence-corrected chi connectivity index (χ3v) is 3.43. The quantitative estimate of drug-likeness (QED) is 0.769. The van der Waals surface area contributed by atoms with E-state index in [4.69, 9.17) is 4.74 Å². The highest BCUT2D eigenvalue weighted by Gasteiger charge is 2.30. The van der Waals surface area contributed by atoms with Crippen LogP contribution in [0.5, 0.6) is 5.75 Å². The van der Waals surface area contributed by atoms with E-state index in [1.54, 1.807) is 24.3 Å². The maximum atomic E-state index is 12.5. The van der Waals surface area contributed by atoms with Crippen molar-refractivity contribution in [3.8, 4) is 5.75 Å². The van der Waals surface area contributed by atoms with Crippen molar-refractivity contribution in [2.24, 2.45) is 0 Å². The third kappa shape index (κ3) is 5.39. The zero-order valence-corrected chi connectivity index (χ0v) is 13.3. The van der Waals surface area contributed by atoms with E-state index < -0.39 is 23.9 Å². The van der Waals surface area contributed by atoms with Crippen LogP contribution in [0.2, 0.25) is 0 Å². The van der Waals surface area contributed by atoms with Gasteiger partial charge in [0.1, 0.15) is 5.75 Å². The highest BCUT2D eigenvalue weighted by atomic mass is 19.4. The maximum Gasteiger partial charge on any atom is 0.416 e. The van der Waals surface area contributed by atoms with Gasteiger partial charge in [0.15, 0.2) is 0 Å². The Morgan fingerprint density at radius 2 is 1.72 bits per heavy atom. The third-order valence-electron chi connectivity index (χ3n) is 3.43. The molecule has 2 aromatic rings. The monoisotopic (exact) mass is 354 g/mol. The van der Waals surface area contributed by atoms with Gasteiger partial charge in [0.2, 0.25) is 0 Å². The van der Waals surface area contributed by atoms with Crippen molar-refractivity contribution in [2.45, 2.75) is 12.3 Å². The predicted molar refractivity (Wildman–Crippen MR) is 86.4 cm³/mol. The van der Waals surface area contributed by atoms with Crippen molar-refractivity contribution >= 4 is 11.7 Å². The lowest BCUT2D eigenvalue weighted by Gasteiger charge is -2.14. The van der Waals surface area contributed by atoms with Crippen molar-refractivity contribution in [1.82, 2.24) is 5.32 Å². The fourth-order valence-corrected chi connectivity index (χ4v) is 2.05. The Labute approximate surface area is 142 Å². The first-order valence-corrected chi connectivity index (χ1v) is 7.33. The van der Waals surface area contributed by atoms with E-state index in [2.05, 4.69) is 10.6 Å². The summed E-state index contributed by atoms with van der Waals surface area (Å²) < 4.78 is 42.5. The van der Waals surface area contributed by atoms with E-state index in [1.807, 2.05) is 0 Å². The molecule has 0 aromatic heterocycles. The second-order valence-electron chi connectivity index (χ2n) is 5.20. The maximum absolute atomic E-state index is 12.5. The number of alkyl halides is 3. The van der Waals surface area contributed by atoms with Crippen LogP contribution in [-0.4, -0.2) is 24.8 Å². The first-order chi connectivity index (χ1) is 11.8. The Bertz CT molecular complexity index is 701. The largest absolute Gasteiger partial charge is 0.497 e. The molecule has 1 atom stereocenters. The fourth-order valence-electron chi connectivity index (χ4n) is 2.05. The lowest BCUT2D eigenvalue weighted by molar-refractivity contribution is -0.137. The lowest BCUT2D eigenvalue weighted by atomic mass is 10.1. The molecule has 134 valence electrons. The number of rotatable bonds is 5. The van der Waals surface area contributed by atoms with Crippen molar-refractivity contribution < 1.29 is 27.8 Å². The van der Waals surface area contributed by atoms with Crippen molar-refractivity contribution in [1.29, 1.82) is 0 Å². The van der Waals surface area contributed by atoms with Gasteiger partial charge in [-0.25, -0.2) is 4.79 Å². The van der Waals surface area contributed by atoms with E-state index in [0.717, 1.165) is 12.1 Å². The molecule has 2 aromatic carbocycles. The smallest absolute Gasteiger partial charge is 0.416 e. The summed E-state index contributed by atoms with van der Waals surface area (Å²) in [6.45, 7) is -0.145. The summed E-state index contributed by atoms with van der Waals surface area (Å²) in [6, 6.07) is 10.2. The van der Waals surface area contributed by atoms with E-state index in [-0.39, 0.29) is 12.1 Å². The molecule has 1 unspecified atom stereocenters. The number of aliphatic hydroxyl groups is 1. The molecule has 0 saturated heterocycles. The number of hydrogen-bond acceptors (Lipinski definition) is 3. The van der Waals surface area contributed by atoms with Crippen molar-refractivity contribution in [3.63, 3.8) is 0 Å². The summed E-state index contributed by atoms with van der Waals surface area (Å²) in [4.78, 5) is 11.8. The number of halogens is 3. The number of methoxy groups -OCH3 is 1. The molecule has 0 spiro atoms. The molecule has 25 heavy (non-hydrogen) atoms. The molecule has 3 N–H and O–H groups in total. The highest BCUT2D eigenvalue weighted by molar-refractivity contribution is 5.89. The average molecular weight is 354 g/mol. The van der Waals surface area contributed by atoms with E-state index in [9.17, 15) is 23.1 Å². The average Bonchev–Trinajstić information content (AvgIpc) is 2.59. The molecule has 2 rings (SSSR count). The van der Waals surface area contributed by atoms with Crippen LogP contribution >= 0.6 is 0 Å². The number of aliphatic hydroxyl groups excluding tert-OH is 1. The number of urea groups is 1. The van der Waals surface area contributed by atoms with Gasteiger partial charge < -0.3 is 20.5 Å². The minimum atomic E-state index is -4.43. The van der Waals surface area contributed by atoms with Crippen LogP contribution in [-0.2, 0) is 6.18 Å². The van der Waals surface area contributed by atoms with Gasteiger partial charge in [-0.05, 0) is 42.0 Å². The number of ether oxygens (including phenoxy) is 1. The van der Waals surface area contributed by atoms with E-state index >= 15 is 0 Å². The Hall–Kier alpha value is -2.74. The molecule has 8 heteroatoms. The molecule has 0 heterocycles. The molecular formula is C17H17F3N2O3. The summed E-state index contributed by atoms with van der Waals surface area (Å²) >= 11 is 0. The first-order valence-electron chi connectivity index (χ1n) is 7.33. The number of amides is 2. The van der Waals surface area contributed by atoms with Crippen LogP contribution in [0.15, 0.2) is 48.5 Å². The minimum absolute atomic E-state index is 0.145. The van der Waals surface area contributed by atoms with Gasteiger partial charge in [0, 0.05) is 12.2 Å². The SMILES string of the molecule is COc1ccc(NC(=O)NCC(O)c2ccc(C(F)(F)F)cc2)cc1. The molecule has 0 aliphatic heterocycles. The van der Waals surface area contributed by atoms with Crippen LogP contribution in [0.3, 0.4) is 0 Å². The zero-order chi connectivity index (χ0) is 18.4. The summed E-state index contributed by atoms with van der Waals surface area (Å²) in [6.07, 6.45) is -5.55. The van der Waals surface area contributed by atoms with E-state index in [1.165, 1.54) is 19.2 Å². The van der Waals surface area contributed by atoms with Crippen molar-refractivity contribution in [3.05, 3.63) is 59.7 Å². The van der Waals surface area contributed by atoms with Gasteiger partial charge in [-0.2, -0.15) is 13.2 Å². The number of carbonyl (C=O) groups is 1. The van der Waals surface area contributed by atoms with Crippen LogP contribution in [0.1, 0.15) is 17.2 Å². The van der Waals surface area contributed by atoms with Gasteiger partial charge in [-0.1, -0.05) is 12.1 Å². The molecule has 0 radical (unpaired) electrons. The Morgan fingerprint density at radius 3 is 2.24 bits per heavy atom. The van der Waals surface area contributed by atoms with Gasteiger partial charge in [-0.15, -0.1) is 0 Å². The Balaban J connectivity index is 1.86. The summed E-state index contributed by atoms with van der Waals surface area (Å²) in [5.41, 5.74) is 0.00808. The lowest BCUT2D eigenvalue weighted by Crippen LogP contribution is -2.32. The Kier molecular flexibility index (Phi) is 5.87. The van der Waals surface area contributed by atoms with Gasteiger partial charge in [0.25, 0.3) is 0 Å². The molecular weight excluding hydrogens is 337 g/mol. The zero-order valence-electron chi connectivity index (χ0n) is 13.3. The summed E-state index contributed by atoms with van der Waals surface area (Å²) in [5.74, 6) is 0.642. The molecule has 5 nitrogen and oxygen atoms in total. The standard InChI is InChI=1S/C17H17F3N2O3/c1-25-14-8-6-13(7-9-14)22-16(24)21-10-15(23)11-2-4-12(5-3-11)17(18,19)20/h2-9,15,23H,10H2,1H3,(H2,21,22,24). The number of carbonyl (C=O) groups excluding carboxylic acids is 1. The molecule has 0 aliphatic rings. The molecule has 0 saturated carbocycles. The van der Waals surface area contributed by atoms with Gasteiger partial charge >= 0.3 is 12.2 Å². The van der Waals surface area contributed by atoms with Gasteiger partial charge in [0.05, 0.1) is 18.8 Å². The molecule has 0 fully saturated rings. The summed E-state index contributed by atoms with van der Waals surface area (Å²) in [7, 11) is 1.53.